The van der Waals surface area contributed by atoms with Crippen molar-refractivity contribution in [1.29, 1.82) is 0 Å². The van der Waals surface area contributed by atoms with Crippen LogP contribution >= 0.6 is 27.5 Å². The molecule has 0 aliphatic carbocycles. The first kappa shape index (κ1) is 14.3. The second-order valence-electron chi connectivity index (χ2n) is 5.23. The predicted molar refractivity (Wildman–Crippen MR) is 80.8 cm³/mol. The van der Waals surface area contributed by atoms with E-state index >= 15 is 0 Å². The fraction of sp³-hybridized carbons (Fsp3) is 0.571. The van der Waals surface area contributed by atoms with Crippen molar-refractivity contribution in [3.63, 3.8) is 0 Å². The molecule has 2 rings (SSSR count). The predicted octanol–water partition coefficient (Wildman–Crippen LogP) is 3.66. The first-order valence-corrected chi connectivity index (χ1v) is 7.65. The first-order chi connectivity index (χ1) is 8.60. The molecule has 4 heteroatoms. The molecule has 100 valence electrons. The maximum Gasteiger partial charge on any atom is 0.0451 e. The molecule has 1 fully saturated rings. The number of piperidine rings is 1. The van der Waals surface area contributed by atoms with Gasteiger partial charge in [-0.05, 0) is 49.1 Å². The summed E-state index contributed by atoms with van der Waals surface area (Å²) in [7, 11) is 0. The van der Waals surface area contributed by atoms with Gasteiger partial charge in [0.15, 0.2) is 0 Å². The molecule has 0 spiro atoms. The van der Waals surface area contributed by atoms with Crippen LogP contribution in [0, 0.1) is 5.92 Å². The number of nitrogens with zero attached hydrogens (tertiary/aromatic N) is 1. The molecular formula is C14H20BrClN2. The largest absolute Gasteiger partial charge is 0.329 e. The number of benzene rings is 1. The van der Waals surface area contributed by atoms with Crippen LogP contribution in [0.5, 0.6) is 0 Å². The summed E-state index contributed by atoms with van der Waals surface area (Å²) in [6.45, 7) is 5.06. The molecule has 1 aliphatic heterocycles. The number of halogens is 2. The zero-order valence-corrected chi connectivity index (χ0v) is 13.0. The molecule has 2 nitrogen and oxygen atoms in total. The van der Waals surface area contributed by atoms with Crippen LogP contribution < -0.4 is 5.73 Å². The quantitative estimate of drug-likeness (QED) is 0.916. The number of hydrogen-bond donors (Lipinski definition) is 1. The normalized spacial score (nSPS) is 25.3. The average Bonchev–Trinajstić information content (AvgIpc) is 2.36. The Morgan fingerprint density at radius 3 is 3.00 bits per heavy atom. The zero-order chi connectivity index (χ0) is 13.1. The molecule has 2 atom stereocenters. The van der Waals surface area contributed by atoms with Crippen molar-refractivity contribution in [3.05, 3.63) is 33.3 Å². The summed E-state index contributed by atoms with van der Waals surface area (Å²) < 4.78 is 1.08. The minimum atomic E-state index is 0.490. The fourth-order valence-electron chi connectivity index (χ4n) is 2.64. The molecule has 0 radical (unpaired) electrons. The average molecular weight is 332 g/mol. The van der Waals surface area contributed by atoms with Crippen LogP contribution in [0.4, 0.5) is 0 Å². The molecule has 2 N–H and O–H groups in total. The summed E-state index contributed by atoms with van der Waals surface area (Å²) in [6.07, 6.45) is 2.45. The Bertz CT molecular complexity index is 411. The lowest BCUT2D eigenvalue weighted by Crippen LogP contribution is -2.45. The molecule has 18 heavy (non-hydrogen) atoms. The highest BCUT2D eigenvalue weighted by Gasteiger charge is 2.25. The summed E-state index contributed by atoms with van der Waals surface area (Å²) in [4.78, 5) is 2.47. The lowest BCUT2D eigenvalue weighted by molar-refractivity contribution is 0.115. The molecule has 0 saturated carbocycles. The van der Waals surface area contributed by atoms with Gasteiger partial charge in [0.05, 0.1) is 0 Å². The molecule has 1 heterocycles. The van der Waals surface area contributed by atoms with Crippen LogP contribution in [0.3, 0.4) is 0 Å². The molecule has 0 aromatic heterocycles. The van der Waals surface area contributed by atoms with Crippen molar-refractivity contribution < 1.29 is 0 Å². The summed E-state index contributed by atoms with van der Waals surface area (Å²) in [5, 5.41) is 0.840. The fourth-order valence-corrected chi connectivity index (χ4v) is 3.22. The summed E-state index contributed by atoms with van der Waals surface area (Å²) in [6, 6.07) is 6.52. The van der Waals surface area contributed by atoms with Crippen molar-refractivity contribution in [2.45, 2.75) is 32.4 Å². The third-order valence-corrected chi connectivity index (χ3v) is 4.62. The van der Waals surface area contributed by atoms with E-state index in [1.807, 2.05) is 12.1 Å². The van der Waals surface area contributed by atoms with Gasteiger partial charge in [-0.2, -0.15) is 0 Å². The van der Waals surface area contributed by atoms with Crippen molar-refractivity contribution in [2.75, 3.05) is 13.1 Å². The van der Waals surface area contributed by atoms with Crippen LogP contribution in [0.2, 0.25) is 5.02 Å². The smallest absolute Gasteiger partial charge is 0.0451 e. The monoisotopic (exact) mass is 330 g/mol. The van der Waals surface area contributed by atoms with Crippen LogP contribution in [-0.4, -0.2) is 24.0 Å². The van der Waals surface area contributed by atoms with E-state index in [0.717, 1.165) is 35.0 Å². The minimum Gasteiger partial charge on any atom is -0.329 e. The van der Waals surface area contributed by atoms with E-state index in [1.54, 1.807) is 0 Å². The number of likely N-dealkylation sites (tertiary alicyclic amines) is 1. The topological polar surface area (TPSA) is 29.3 Å². The minimum absolute atomic E-state index is 0.490. The highest BCUT2D eigenvalue weighted by atomic mass is 79.9. The van der Waals surface area contributed by atoms with Gasteiger partial charge in [-0.3, -0.25) is 4.90 Å². The van der Waals surface area contributed by atoms with Crippen LogP contribution in [-0.2, 0) is 6.54 Å². The maximum atomic E-state index is 6.26. The van der Waals surface area contributed by atoms with Gasteiger partial charge in [0.2, 0.25) is 0 Å². The Labute approximate surface area is 123 Å². The third-order valence-electron chi connectivity index (χ3n) is 3.75. The van der Waals surface area contributed by atoms with E-state index in [2.05, 4.69) is 33.8 Å². The summed E-state index contributed by atoms with van der Waals surface area (Å²) >= 11 is 9.76. The molecule has 1 saturated heterocycles. The Morgan fingerprint density at radius 1 is 1.50 bits per heavy atom. The van der Waals surface area contributed by atoms with Gasteiger partial charge in [-0.15, -0.1) is 0 Å². The SMILES string of the molecule is CC1CCN(Cc2cc(Br)ccc2Cl)C(CN)C1. The van der Waals surface area contributed by atoms with Gasteiger partial charge < -0.3 is 5.73 Å². The van der Waals surface area contributed by atoms with E-state index in [9.17, 15) is 0 Å². The molecule has 0 bridgehead atoms. The Hall–Kier alpha value is -0.0900. The second-order valence-corrected chi connectivity index (χ2v) is 6.55. The molecule has 0 amide bonds. The van der Waals surface area contributed by atoms with Gasteiger partial charge in [-0.1, -0.05) is 34.5 Å². The Kier molecular flexibility index (Phi) is 5.07. The summed E-state index contributed by atoms with van der Waals surface area (Å²) in [5.74, 6) is 0.785. The first-order valence-electron chi connectivity index (χ1n) is 6.48. The standard InChI is InChI=1S/C14H20BrClN2/c1-10-4-5-18(13(6-10)8-17)9-11-7-12(15)2-3-14(11)16/h2-3,7,10,13H,4-6,8-9,17H2,1H3. The zero-order valence-electron chi connectivity index (χ0n) is 10.7. The van der Waals surface area contributed by atoms with Crippen molar-refractivity contribution in [2.24, 2.45) is 11.7 Å². The Morgan fingerprint density at radius 2 is 2.28 bits per heavy atom. The molecule has 1 aliphatic rings. The second kappa shape index (κ2) is 6.38. The number of nitrogens with two attached hydrogens (primary N) is 1. The van der Waals surface area contributed by atoms with Gasteiger partial charge in [-0.25, -0.2) is 0 Å². The van der Waals surface area contributed by atoms with Crippen LogP contribution in [0.25, 0.3) is 0 Å². The highest BCUT2D eigenvalue weighted by molar-refractivity contribution is 9.10. The van der Waals surface area contributed by atoms with Gasteiger partial charge >= 0.3 is 0 Å². The Balaban J connectivity index is 2.10. The molecule has 2 unspecified atom stereocenters. The third kappa shape index (κ3) is 3.47. The van der Waals surface area contributed by atoms with Crippen molar-refractivity contribution >= 4 is 27.5 Å². The van der Waals surface area contributed by atoms with E-state index < -0.39 is 0 Å². The lowest BCUT2D eigenvalue weighted by atomic mass is 9.92. The van der Waals surface area contributed by atoms with Crippen LogP contribution in [0.1, 0.15) is 25.3 Å². The van der Waals surface area contributed by atoms with E-state index in [1.165, 1.54) is 18.4 Å². The molecular weight excluding hydrogens is 312 g/mol. The van der Waals surface area contributed by atoms with E-state index in [0.29, 0.717) is 6.04 Å². The van der Waals surface area contributed by atoms with Gasteiger partial charge in [0.1, 0.15) is 0 Å². The lowest BCUT2D eigenvalue weighted by Gasteiger charge is -2.38. The van der Waals surface area contributed by atoms with Crippen molar-refractivity contribution in [1.82, 2.24) is 4.90 Å². The van der Waals surface area contributed by atoms with Gasteiger partial charge in [0.25, 0.3) is 0 Å². The maximum absolute atomic E-state index is 6.26. The van der Waals surface area contributed by atoms with E-state index in [-0.39, 0.29) is 0 Å². The number of hydrogen-bond acceptors (Lipinski definition) is 2. The van der Waals surface area contributed by atoms with E-state index in [4.69, 9.17) is 17.3 Å². The molecule has 1 aromatic rings. The highest BCUT2D eigenvalue weighted by Crippen LogP contribution is 2.27. The van der Waals surface area contributed by atoms with Crippen molar-refractivity contribution in [3.8, 4) is 0 Å². The molecule has 1 aromatic carbocycles. The number of rotatable bonds is 3. The van der Waals surface area contributed by atoms with Gasteiger partial charge in [0, 0.05) is 28.6 Å². The summed E-state index contributed by atoms with van der Waals surface area (Å²) in [5.41, 5.74) is 7.07. The van der Waals surface area contributed by atoms with Crippen LogP contribution in [0.15, 0.2) is 22.7 Å².